The summed E-state index contributed by atoms with van der Waals surface area (Å²) in [5.41, 5.74) is 2.19. The molecule has 0 saturated carbocycles. The fraction of sp³-hybridized carbons (Fsp3) is 0.250. The molecule has 1 atom stereocenters. The number of nitrogens with zero attached hydrogens (tertiary/aromatic N) is 2. The predicted molar refractivity (Wildman–Crippen MR) is 93.1 cm³/mol. The van der Waals surface area contributed by atoms with E-state index in [1.807, 2.05) is 30.3 Å². The second-order valence-electron chi connectivity index (χ2n) is 6.60. The zero-order valence-corrected chi connectivity index (χ0v) is 14.3. The lowest BCUT2D eigenvalue weighted by Gasteiger charge is -2.22. The Morgan fingerprint density at radius 2 is 1.89 bits per heavy atom. The van der Waals surface area contributed by atoms with Crippen molar-refractivity contribution in [1.29, 1.82) is 0 Å². The van der Waals surface area contributed by atoms with Crippen LogP contribution in [0, 0.1) is 5.92 Å². The first kappa shape index (κ1) is 17.5. The Hall–Kier alpha value is -2.96. The number of halogens is 3. The largest absolute Gasteiger partial charge is 0.434 e. The number of aromatic amines is 1. The predicted octanol–water partition coefficient (Wildman–Crippen LogP) is 4.48. The maximum atomic E-state index is 13.2. The van der Waals surface area contributed by atoms with Crippen molar-refractivity contribution in [2.45, 2.75) is 25.4 Å². The molecule has 27 heavy (non-hydrogen) atoms. The molecular formula is C20H16F3N3O. The van der Waals surface area contributed by atoms with Crippen LogP contribution in [0.1, 0.15) is 33.7 Å². The van der Waals surface area contributed by atoms with Crippen LogP contribution in [0.3, 0.4) is 0 Å². The molecular weight excluding hydrogens is 355 g/mol. The van der Waals surface area contributed by atoms with Crippen LogP contribution in [0.5, 0.6) is 0 Å². The molecule has 2 aromatic heterocycles. The maximum Gasteiger partial charge on any atom is 0.434 e. The van der Waals surface area contributed by atoms with Gasteiger partial charge in [0.05, 0.1) is 5.69 Å². The number of carbonyl (C=O) groups is 1. The normalized spacial score (nSPS) is 16.8. The molecule has 138 valence electrons. The van der Waals surface area contributed by atoms with Crippen molar-refractivity contribution in [3.8, 4) is 11.3 Å². The van der Waals surface area contributed by atoms with Crippen molar-refractivity contribution in [2.75, 3.05) is 0 Å². The van der Waals surface area contributed by atoms with Gasteiger partial charge in [-0.1, -0.05) is 30.3 Å². The van der Waals surface area contributed by atoms with Gasteiger partial charge in [-0.15, -0.1) is 0 Å². The number of alkyl halides is 3. The minimum atomic E-state index is -4.65. The van der Waals surface area contributed by atoms with Crippen LogP contribution in [-0.4, -0.2) is 21.0 Å². The molecule has 1 aliphatic carbocycles. The summed E-state index contributed by atoms with van der Waals surface area (Å²) in [4.78, 5) is 16.2. The lowest BCUT2D eigenvalue weighted by Crippen LogP contribution is -2.25. The van der Waals surface area contributed by atoms with Gasteiger partial charge in [-0.25, -0.2) is 0 Å². The molecule has 0 bridgehead atoms. The van der Waals surface area contributed by atoms with Crippen LogP contribution < -0.4 is 0 Å². The molecule has 0 fully saturated rings. The zero-order valence-electron chi connectivity index (χ0n) is 14.3. The Kier molecular flexibility index (Phi) is 4.30. The van der Waals surface area contributed by atoms with Gasteiger partial charge in [0.2, 0.25) is 0 Å². The van der Waals surface area contributed by atoms with E-state index in [2.05, 4.69) is 15.2 Å². The summed E-state index contributed by atoms with van der Waals surface area (Å²) in [6, 6.07) is 12.2. The van der Waals surface area contributed by atoms with Crippen LogP contribution in [0.2, 0.25) is 0 Å². The fourth-order valence-electron chi connectivity index (χ4n) is 3.61. The maximum absolute atomic E-state index is 13.2. The molecule has 0 saturated heterocycles. The van der Waals surface area contributed by atoms with E-state index < -0.39 is 23.6 Å². The summed E-state index contributed by atoms with van der Waals surface area (Å²) in [6.45, 7) is 0. The van der Waals surface area contributed by atoms with Gasteiger partial charge in [-0.05, 0) is 31.4 Å². The zero-order chi connectivity index (χ0) is 19.0. The third-order valence-electron chi connectivity index (χ3n) is 4.91. The quantitative estimate of drug-likeness (QED) is 0.691. The number of fused-ring (bicyclic) bond motifs is 1. The Bertz CT molecular complexity index is 980. The molecule has 2 heterocycles. The minimum Gasteiger partial charge on any atom is -0.294 e. The van der Waals surface area contributed by atoms with E-state index in [4.69, 9.17) is 0 Å². The lowest BCUT2D eigenvalue weighted by atomic mass is 9.81. The second-order valence-corrected chi connectivity index (χ2v) is 6.60. The number of pyridine rings is 1. The van der Waals surface area contributed by atoms with E-state index in [1.54, 1.807) is 0 Å². The molecule has 1 N–H and O–H groups in total. The average Bonchev–Trinajstić information content (AvgIpc) is 3.10. The van der Waals surface area contributed by atoms with Crippen LogP contribution in [0.15, 0.2) is 48.7 Å². The molecule has 1 aromatic carbocycles. The number of H-pyrrole nitrogens is 1. The SMILES string of the molecule is O=C(c1cccnc1C(F)(F)F)C1CCc2c(-c3ccccc3)n[nH]c2C1. The van der Waals surface area contributed by atoms with Crippen LogP contribution in [0.25, 0.3) is 11.3 Å². The van der Waals surface area contributed by atoms with Crippen molar-refractivity contribution in [2.24, 2.45) is 5.92 Å². The summed E-state index contributed by atoms with van der Waals surface area (Å²) in [5, 5.41) is 7.33. The molecule has 4 nitrogen and oxygen atoms in total. The highest BCUT2D eigenvalue weighted by Crippen LogP contribution is 2.35. The summed E-state index contributed by atoms with van der Waals surface area (Å²) in [5.74, 6) is -1.04. The number of Topliss-reactive ketones (excluding diaryl/α,β-unsaturated/α-hetero) is 1. The first-order chi connectivity index (χ1) is 12.9. The van der Waals surface area contributed by atoms with Gasteiger partial charge in [-0.2, -0.15) is 18.3 Å². The number of nitrogens with one attached hydrogen (secondary N) is 1. The molecule has 0 radical (unpaired) electrons. The van der Waals surface area contributed by atoms with E-state index in [-0.39, 0.29) is 5.56 Å². The number of rotatable bonds is 3. The highest BCUT2D eigenvalue weighted by Gasteiger charge is 2.39. The number of ketones is 1. The average molecular weight is 371 g/mol. The third-order valence-corrected chi connectivity index (χ3v) is 4.91. The number of aromatic nitrogens is 3. The molecule has 3 aromatic rings. The standard InChI is InChI=1S/C20H16F3N3O/c21-20(22,23)19-15(7-4-10-24-19)18(27)13-8-9-14-16(11-13)25-26-17(14)12-5-2-1-3-6-12/h1-7,10,13H,8-9,11H2,(H,25,26). The monoisotopic (exact) mass is 371 g/mol. The number of hydrogen-bond acceptors (Lipinski definition) is 3. The van der Waals surface area contributed by atoms with E-state index in [9.17, 15) is 18.0 Å². The topological polar surface area (TPSA) is 58.6 Å². The van der Waals surface area contributed by atoms with Crippen molar-refractivity contribution >= 4 is 5.78 Å². The van der Waals surface area contributed by atoms with Crippen LogP contribution >= 0.6 is 0 Å². The van der Waals surface area contributed by atoms with Crippen molar-refractivity contribution in [3.05, 3.63) is 71.2 Å². The molecule has 0 amide bonds. The highest BCUT2D eigenvalue weighted by molar-refractivity contribution is 5.99. The molecule has 4 rings (SSSR count). The molecule has 1 aliphatic rings. The highest BCUT2D eigenvalue weighted by atomic mass is 19.4. The van der Waals surface area contributed by atoms with E-state index in [0.717, 1.165) is 28.7 Å². The Labute approximate surface area is 153 Å². The van der Waals surface area contributed by atoms with Gasteiger partial charge in [-0.3, -0.25) is 14.9 Å². The Morgan fingerprint density at radius 3 is 2.63 bits per heavy atom. The van der Waals surface area contributed by atoms with Gasteiger partial charge in [0, 0.05) is 34.5 Å². The Balaban J connectivity index is 1.61. The van der Waals surface area contributed by atoms with Crippen molar-refractivity contribution < 1.29 is 18.0 Å². The van der Waals surface area contributed by atoms with Gasteiger partial charge in [0.1, 0.15) is 0 Å². The number of benzene rings is 1. The van der Waals surface area contributed by atoms with Crippen LogP contribution in [-0.2, 0) is 19.0 Å². The molecule has 7 heteroatoms. The van der Waals surface area contributed by atoms with Crippen LogP contribution in [0.4, 0.5) is 13.2 Å². The lowest BCUT2D eigenvalue weighted by molar-refractivity contribution is -0.141. The Morgan fingerprint density at radius 1 is 1.11 bits per heavy atom. The van der Waals surface area contributed by atoms with Gasteiger partial charge >= 0.3 is 6.18 Å². The smallest absolute Gasteiger partial charge is 0.294 e. The van der Waals surface area contributed by atoms with E-state index in [0.29, 0.717) is 19.3 Å². The summed E-state index contributed by atoms with van der Waals surface area (Å²) in [6.07, 6.45) is -2.17. The summed E-state index contributed by atoms with van der Waals surface area (Å²) < 4.78 is 39.5. The first-order valence-corrected chi connectivity index (χ1v) is 8.63. The first-order valence-electron chi connectivity index (χ1n) is 8.63. The van der Waals surface area contributed by atoms with E-state index >= 15 is 0 Å². The molecule has 1 unspecified atom stereocenters. The fourth-order valence-corrected chi connectivity index (χ4v) is 3.61. The van der Waals surface area contributed by atoms with Gasteiger partial charge in [0.15, 0.2) is 11.5 Å². The minimum absolute atomic E-state index is 0.347. The van der Waals surface area contributed by atoms with Crippen molar-refractivity contribution in [1.82, 2.24) is 15.2 Å². The van der Waals surface area contributed by atoms with E-state index in [1.165, 1.54) is 12.1 Å². The summed E-state index contributed by atoms with van der Waals surface area (Å²) >= 11 is 0. The van der Waals surface area contributed by atoms with Crippen molar-refractivity contribution in [3.63, 3.8) is 0 Å². The second kappa shape index (κ2) is 6.64. The van der Waals surface area contributed by atoms with Gasteiger partial charge in [0.25, 0.3) is 0 Å². The third kappa shape index (κ3) is 3.25. The molecule has 0 spiro atoms. The number of carbonyl (C=O) groups excluding carboxylic acids is 1. The summed E-state index contributed by atoms with van der Waals surface area (Å²) in [7, 11) is 0. The number of hydrogen-bond donors (Lipinski definition) is 1. The molecule has 0 aliphatic heterocycles. The van der Waals surface area contributed by atoms with Gasteiger partial charge < -0.3 is 0 Å².